The Kier molecular flexibility index (Phi) is 9.31. The maximum Gasteiger partial charge on any atom is 0.123 e. The van der Waals surface area contributed by atoms with Gasteiger partial charge < -0.3 is 10.5 Å². The van der Waals surface area contributed by atoms with Crippen LogP contribution in [-0.4, -0.2) is 18.4 Å². The highest BCUT2D eigenvalue weighted by Crippen LogP contribution is 2.11. The molecule has 1 rings (SSSR count). The molecule has 0 radical (unpaired) electrons. The van der Waals surface area contributed by atoms with Crippen LogP contribution in [0.3, 0.4) is 0 Å². The van der Waals surface area contributed by atoms with Crippen LogP contribution in [0.25, 0.3) is 0 Å². The van der Waals surface area contributed by atoms with E-state index in [4.69, 9.17) is 10.5 Å². The lowest BCUT2D eigenvalue weighted by Gasteiger charge is -2.08. The molecule has 0 saturated heterocycles. The van der Waals surface area contributed by atoms with Crippen LogP contribution in [0.15, 0.2) is 24.3 Å². The maximum atomic E-state index is 12.6. The number of benzene rings is 1. The summed E-state index contributed by atoms with van der Waals surface area (Å²) >= 11 is 4.12. The van der Waals surface area contributed by atoms with Crippen LogP contribution in [0, 0.1) is 5.82 Å². The minimum atomic E-state index is -0.243. The first-order valence-electron chi connectivity index (χ1n) is 5.47. The van der Waals surface area contributed by atoms with Gasteiger partial charge in [-0.05, 0) is 43.5 Å². The molecule has 1 aromatic rings. The topological polar surface area (TPSA) is 35.2 Å². The summed E-state index contributed by atoms with van der Waals surface area (Å²) in [5, 5.41) is 0. The van der Waals surface area contributed by atoms with Gasteiger partial charge in [0.15, 0.2) is 0 Å². The highest BCUT2D eigenvalue weighted by Gasteiger charge is 1.99. The van der Waals surface area contributed by atoms with E-state index in [0.717, 1.165) is 25.0 Å². The van der Waals surface area contributed by atoms with Crippen molar-refractivity contribution in [3.05, 3.63) is 30.1 Å². The van der Waals surface area contributed by atoms with E-state index in [0.29, 0.717) is 12.4 Å². The van der Waals surface area contributed by atoms with Gasteiger partial charge in [-0.3, -0.25) is 0 Å². The lowest BCUT2D eigenvalue weighted by molar-refractivity contribution is 0.303. The van der Waals surface area contributed by atoms with Crippen molar-refractivity contribution < 1.29 is 9.13 Å². The highest BCUT2D eigenvalue weighted by atomic mass is 35.5. The van der Waals surface area contributed by atoms with Crippen molar-refractivity contribution in [2.45, 2.75) is 25.3 Å². The Balaban J connectivity index is 0.00000256. The molecular weight excluding hydrogens is 261 g/mol. The summed E-state index contributed by atoms with van der Waals surface area (Å²) in [4.78, 5) is 0. The Morgan fingerprint density at radius 2 is 1.88 bits per heavy atom. The van der Waals surface area contributed by atoms with Crippen LogP contribution in [0.4, 0.5) is 4.39 Å². The van der Waals surface area contributed by atoms with E-state index >= 15 is 0 Å². The lowest BCUT2D eigenvalue weighted by atomic mass is 10.1. The van der Waals surface area contributed by atoms with Crippen LogP contribution >= 0.6 is 25.0 Å². The van der Waals surface area contributed by atoms with E-state index in [9.17, 15) is 4.39 Å². The average Bonchev–Trinajstić information content (AvgIpc) is 2.31. The van der Waals surface area contributed by atoms with Gasteiger partial charge in [0.1, 0.15) is 11.6 Å². The zero-order valence-corrected chi connectivity index (χ0v) is 11.4. The third kappa shape index (κ3) is 7.47. The van der Waals surface area contributed by atoms with Crippen LogP contribution < -0.4 is 10.5 Å². The molecule has 2 N–H and O–H groups in total. The lowest BCUT2D eigenvalue weighted by Crippen LogP contribution is -2.21. The van der Waals surface area contributed by atoms with Crippen LogP contribution in [-0.2, 0) is 0 Å². The van der Waals surface area contributed by atoms with Gasteiger partial charge >= 0.3 is 0 Å². The summed E-state index contributed by atoms with van der Waals surface area (Å²) in [5.41, 5.74) is 5.72. The molecule has 17 heavy (non-hydrogen) atoms. The van der Waals surface area contributed by atoms with E-state index in [1.165, 1.54) is 12.1 Å². The van der Waals surface area contributed by atoms with E-state index in [-0.39, 0.29) is 24.3 Å². The SMILES string of the molecule is Cl.N[C@H](CS)CCCCOc1ccc(F)cc1. The number of rotatable bonds is 7. The first-order chi connectivity index (χ1) is 7.72. The number of hydrogen-bond donors (Lipinski definition) is 2. The molecule has 5 heteroatoms. The Hall–Kier alpha value is -0.450. The third-order valence-corrected chi connectivity index (χ3v) is 2.76. The molecule has 0 aliphatic carbocycles. The standard InChI is InChI=1S/C12H18FNOS.ClH/c13-10-4-6-12(7-5-10)15-8-2-1-3-11(14)9-16;/h4-7,11,16H,1-3,8-9,14H2;1H/t11-;/m0./s1. The molecule has 0 heterocycles. The monoisotopic (exact) mass is 279 g/mol. The second-order valence-electron chi connectivity index (χ2n) is 3.74. The van der Waals surface area contributed by atoms with Gasteiger partial charge in [0.05, 0.1) is 6.61 Å². The summed E-state index contributed by atoms with van der Waals surface area (Å²) in [6.45, 7) is 0.644. The molecule has 0 spiro atoms. The van der Waals surface area contributed by atoms with Crippen LogP contribution in [0.2, 0.25) is 0 Å². The number of ether oxygens (including phenoxy) is 1. The molecule has 0 amide bonds. The van der Waals surface area contributed by atoms with Crippen molar-refractivity contribution in [2.75, 3.05) is 12.4 Å². The number of hydrogen-bond acceptors (Lipinski definition) is 3. The molecular formula is C12H19ClFNOS. The molecule has 98 valence electrons. The summed E-state index contributed by atoms with van der Waals surface area (Å²) < 4.78 is 18.0. The number of thiol groups is 1. The fraction of sp³-hybridized carbons (Fsp3) is 0.500. The second-order valence-corrected chi connectivity index (χ2v) is 4.11. The molecule has 0 unspecified atom stereocenters. The number of unbranched alkanes of at least 4 members (excludes halogenated alkanes) is 1. The zero-order chi connectivity index (χ0) is 11.8. The van der Waals surface area contributed by atoms with Crippen molar-refractivity contribution in [3.8, 4) is 5.75 Å². The van der Waals surface area contributed by atoms with Crippen molar-refractivity contribution in [1.29, 1.82) is 0 Å². The van der Waals surface area contributed by atoms with Crippen molar-refractivity contribution in [1.82, 2.24) is 0 Å². The van der Waals surface area contributed by atoms with Gasteiger partial charge in [-0.2, -0.15) is 12.6 Å². The molecule has 0 aliphatic heterocycles. The molecule has 1 aromatic carbocycles. The van der Waals surface area contributed by atoms with Crippen LogP contribution in [0.1, 0.15) is 19.3 Å². The Bertz CT molecular complexity index is 297. The second kappa shape index (κ2) is 9.57. The van der Waals surface area contributed by atoms with Crippen LogP contribution in [0.5, 0.6) is 5.75 Å². The van der Waals surface area contributed by atoms with E-state index in [2.05, 4.69) is 12.6 Å². The molecule has 0 aromatic heterocycles. The van der Waals surface area contributed by atoms with Crippen molar-refractivity contribution in [2.24, 2.45) is 5.73 Å². The maximum absolute atomic E-state index is 12.6. The van der Waals surface area contributed by atoms with Gasteiger partial charge in [0.25, 0.3) is 0 Å². The fourth-order valence-corrected chi connectivity index (χ4v) is 1.50. The molecule has 0 aliphatic rings. The number of nitrogens with two attached hydrogens (primary N) is 1. The van der Waals surface area contributed by atoms with E-state index in [1.807, 2.05) is 0 Å². The van der Waals surface area contributed by atoms with Crippen molar-refractivity contribution in [3.63, 3.8) is 0 Å². The fourth-order valence-electron chi connectivity index (χ4n) is 1.32. The minimum Gasteiger partial charge on any atom is -0.494 e. The molecule has 2 nitrogen and oxygen atoms in total. The summed E-state index contributed by atoms with van der Waals surface area (Å²) in [5.74, 6) is 1.19. The van der Waals surface area contributed by atoms with Gasteiger partial charge in [-0.1, -0.05) is 0 Å². The highest BCUT2D eigenvalue weighted by molar-refractivity contribution is 7.80. The van der Waals surface area contributed by atoms with Gasteiger partial charge in [0.2, 0.25) is 0 Å². The average molecular weight is 280 g/mol. The summed E-state index contributed by atoms with van der Waals surface area (Å²) in [7, 11) is 0. The summed E-state index contributed by atoms with van der Waals surface area (Å²) in [6.07, 6.45) is 2.96. The van der Waals surface area contributed by atoms with Gasteiger partial charge in [-0.15, -0.1) is 12.4 Å². The predicted molar refractivity (Wildman–Crippen MR) is 74.8 cm³/mol. The van der Waals surface area contributed by atoms with E-state index in [1.54, 1.807) is 12.1 Å². The first-order valence-corrected chi connectivity index (χ1v) is 6.10. The molecule has 0 fully saturated rings. The molecule has 1 atom stereocenters. The quantitative estimate of drug-likeness (QED) is 0.594. The Morgan fingerprint density at radius 1 is 1.24 bits per heavy atom. The third-order valence-electron chi connectivity index (χ3n) is 2.29. The van der Waals surface area contributed by atoms with Crippen molar-refractivity contribution >= 4 is 25.0 Å². The number of halogens is 2. The smallest absolute Gasteiger partial charge is 0.123 e. The first kappa shape index (κ1) is 16.6. The molecule has 0 bridgehead atoms. The van der Waals surface area contributed by atoms with Gasteiger partial charge in [0, 0.05) is 11.8 Å². The minimum absolute atomic E-state index is 0. The summed E-state index contributed by atoms with van der Waals surface area (Å²) in [6, 6.07) is 6.23. The molecule has 0 saturated carbocycles. The Morgan fingerprint density at radius 3 is 2.47 bits per heavy atom. The van der Waals surface area contributed by atoms with E-state index < -0.39 is 0 Å². The Labute approximate surface area is 114 Å². The zero-order valence-electron chi connectivity index (χ0n) is 9.64. The largest absolute Gasteiger partial charge is 0.494 e. The predicted octanol–water partition coefficient (Wildman–Crippen LogP) is 3.05. The van der Waals surface area contributed by atoms with Gasteiger partial charge in [-0.25, -0.2) is 4.39 Å². The normalized spacial score (nSPS) is 11.7.